The summed E-state index contributed by atoms with van der Waals surface area (Å²) in [5.74, 6) is 1.30. The predicted molar refractivity (Wildman–Crippen MR) is 56.7 cm³/mol. The number of nitrogens with one attached hydrogen (secondary N) is 1. The summed E-state index contributed by atoms with van der Waals surface area (Å²) in [4.78, 5) is 0. The van der Waals surface area contributed by atoms with Crippen LogP contribution in [-0.4, -0.2) is 24.8 Å². The quantitative estimate of drug-likeness (QED) is 0.652. The summed E-state index contributed by atoms with van der Waals surface area (Å²) >= 11 is 0. The minimum atomic E-state index is 0.342. The number of aromatic amines is 1. The van der Waals surface area contributed by atoms with Crippen molar-refractivity contribution in [2.75, 3.05) is 0 Å². The first-order chi connectivity index (χ1) is 7.27. The molecule has 3 rings (SSSR count). The standard InChI is InChI=1S/C10H11N5/c1-6(2)9-14-12-8-4-3-7-5-11-13-10(7)15(8)9/h3-6H,1-2H3,(H,11,13). The Balaban J connectivity index is 2.52. The van der Waals surface area contributed by atoms with E-state index >= 15 is 0 Å². The minimum absolute atomic E-state index is 0.342. The summed E-state index contributed by atoms with van der Waals surface area (Å²) in [5.41, 5.74) is 1.82. The molecule has 0 amide bonds. The second kappa shape index (κ2) is 2.79. The zero-order valence-electron chi connectivity index (χ0n) is 8.60. The van der Waals surface area contributed by atoms with Gasteiger partial charge in [0.2, 0.25) is 0 Å². The molecule has 3 aromatic rings. The smallest absolute Gasteiger partial charge is 0.162 e. The van der Waals surface area contributed by atoms with Crippen LogP contribution in [0.4, 0.5) is 0 Å². The van der Waals surface area contributed by atoms with Gasteiger partial charge in [0.1, 0.15) is 11.5 Å². The number of rotatable bonds is 1. The highest BCUT2D eigenvalue weighted by Crippen LogP contribution is 2.19. The van der Waals surface area contributed by atoms with Gasteiger partial charge in [-0.2, -0.15) is 5.10 Å². The van der Waals surface area contributed by atoms with E-state index < -0.39 is 0 Å². The Kier molecular flexibility index (Phi) is 1.56. The first-order valence-electron chi connectivity index (χ1n) is 4.94. The molecular weight excluding hydrogens is 190 g/mol. The van der Waals surface area contributed by atoms with Gasteiger partial charge in [-0.25, -0.2) is 0 Å². The van der Waals surface area contributed by atoms with E-state index in [0.717, 1.165) is 22.5 Å². The molecule has 0 bridgehead atoms. The van der Waals surface area contributed by atoms with Crippen LogP contribution in [0, 0.1) is 0 Å². The van der Waals surface area contributed by atoms with Gasteiger partial charge in [-0.15, -0.1) is 10.2 Å². The molecule has 0 radical (unpaired) electrons. The number of hydrogen-bond acceptors (Lipinski definition) is 3. The first kappa shape index (κ1) is 8.40. The van der Waals surface area contributed by atoms with Gasteiger partial charge in [-0.05, 0) is 12.1 Å². The third kappa shape index (κ3) is 1.06. The van der Waals surface area contributed by atoms with E-state index in [9.17, 15) is 0 Å². The molecule has 3 heterocycles. The van der Waals surface area contributed by atoms with Gasteiger partial charge >= 0.3 is 0 Å². The van der Waals surface area contributed by atoms with Crippen LogP contribution in [0.2, 0.25) is 0 Å². The van der Waals surface area contributed by atoms with Crippen molar-refractivity contribution < 1.29 is 0 Å². The summed E-state index contributed by atoms with van der Waals surface area (Å²) in [5, 5.41) is 16.4. The molecule has 3 aromatic heterocycles. The minimum Gasteiger partial charge on any atom is -0.263 e. The zero-order valence-corrected chi connectivity index (χ0v) is 8.60. The fraction of sp³-hybridized carbons (Fsp3) is 0.300. The van der Waals surface area contributed by atoms with E-state index in [1.165, 1.54) is 0 Å². The van der Waals surface area contributed by atoms with Gasteiger partial charge in [0.05, 0.1) is 6.20 Å². The van der Waals surface area contributed by atoms with Crippen LogP contribution in [-0.2, 0) is 0 Å². The topological polar surface area (TPSA) is 58.9 Å². The van der Waals surface area contributed by atoms with Crippen molar-refractivity contribution in [1.29, 1.82) is 0 Å². The molecule has 5 heteroatoms. The lowest BCUT2D eigenvalue weighted by Crippen LogP contribution is -1.98. The lowest BCUT2D eigenvalue weighted by Gasteiger charge is -2.02. The molecule has 0 unspecified atom stereocenters. The van der Waals surface area contributed by atoms with Gasteiger partial charge < -0.3 is 0 Å². The van der Waals surface area contributed by atoms with Gasteiger partial charge in [0.25, 0.3) is 0 Å². The van der Waals surface area contributed by atoms with Crippen molar-refractivity contribution in [3.05, 3.63) is 24.2 Å². The highest BCUT2D eigenvalue weighted by atomic mass is 15.3. The number of pyridine rings is 1. The lowest BCUT2D eigenvalue weighted by molar-refractivity contribution is 0.763. The monoisotopic (exact) mass is 201 g/mol. The average Bonchev–Trinajstić information content (AvgIpc) is 2.82. The van der Waals surface area contributed by atoms with Crippen LogP contribution in [0.15, 0.2) is 18.3 Å². The molecular formula is C10H11N5. The number of nitrogens with zero attached hydrogens (tertiary/aromatic N) is 4. The van der Waals surface area contributed by atoms with E-state index in [0.29, 0.717) is 5.92 Å². The van der Waals surface area contributed by atoms with E-state index in [2.05, 4.69) is 34.2 Å². The van der Waals surface area contributed by atoms with Crippen molar-refractivity contribution in [2.45, 2.75) is 19.8 Å². The highest BCUT2D eigenvalue weighted by molar-refractivity contribution is 5.77. The van der Waals surface area contributed by atoms with Gasteiger partial charge in [-0.1, -0.05) is 13.8 Å². The van der Waals surface area contributed by atoms with E-state index in [1.807, 2.05) is 16.5 Å². The fourth-order valence-electron chi connectivity index (χ4n) is 1.77. The molecule has 76 valence electrons. The second-order valence-electron chi connectivity index (χ2n) is 3.91. The fourth-order valence-corrected chi connectivity index (χ4v) is 1.77. The highest BCUT2D eigenvalue weighted by Gasteiger charge is 2.12. The summed E-state index contributed by atoms with van der Waals surface area (Å²) in [6.45, 7) is 4.21. The maximum absolute atomic E-state index is 4.19. The first-order valence-corrected chi connectivity index (χ1v) is 4.94. The van der Waals surface area contributed by atoms with E-state index in [1.54, 1.807) is 6.20 Å². The normalized spacial score (nSPS) is 11.9. The molecule has 15 heavy (non-hydrogen) atoms. The Labute approximate surface area is 86.1 Å². The lowest BCUT2D eigenvalue weighted by atomic mass is 10.2. The molecule has 0 aliphatic carbocycles. The third-order valence-corrected chi connectivity index (χ3v) is 2.51. The summed E-state index contributed by atoms with van der Waals surface area (Å²) in [6, 6.07) is 3.95. The molecule has 1 N–H and O–H groups in total. The Morgan fingerprint density at radius 1 is 1.27 bits per heavy atom. The van der Waals surface area contributed by atoms with Crippen LogP contribution in [0.25, 0.3) is 16.7 Å². The van der Waals surface area contributed by atoms with E-state index in [4.69, 9.17) is 0 Å². The van der Waals surface area contributed by atoms with Crippen LogP contribution in [0.5, 0.6) is 0 Å². The summed E-state index contributed by atoms with van der Waals surface area (Å²) < 4.78 is 2.02. The van der Waals surface area contributed by atoms with Crippen LogP contribution >= 0.6 is 0 Å². The number of aromatic nitrogens is 5. The maximum atomic E-state index is 4.19. The average molecular weight is 201 g/mol. The predicted octanol–water partition coefficient (Wildman–Crippen LogP) is 1.73. The zero-order chi connectivity index (χ0) is 10.4. The Morgan fingerprint density at radius 2 is 2.13 bits per heavy atom. The maximum Gasteiger partial charge on any atom is 0.162 e. The van der Waals surface area contributed by atoms with Crippen LogP contribution in [0.3, 0.4) is 0 Å². The number of H-pyrrole nitrogens is 1. The molecule has 0 spiro atoms. The van der Waals surface area contributed by atoms with Gasteiger partial charge in [-0.3, -0.25) is 9.50 Å². The SMILES string of the molecule is CC(C)c1nnc2ccc3cn[nH]c3n12. The van der Waals surface area contributed by atoms with Crippen molar-refractivity contribution in [2.24, 2.45) is 0 Å². The molecule has 0 atom stereocenters. The molecule has 0 aliphatic heterocycles. The van der Waals surface area contributed by atoms with Gasteiger partial charge in [0.15, 0.2) is 5.65 Å². The van der Waals surface area contributed by atoms with Crippen molar-refractivity contribution >= 4 is 16.7 Å². The molecule has 0 aliphatic rings. The van der Waals surface area contributed by atoms with Crippen molar-refractivity contribution in [1.82, 2.24) is 24.8 Å². The second-order valence-corrected chi connectivity index (χ2v) is 3.91. The Bertz CT molecular complexity index is 619. The molecule has 0 saturated carbocycles. The Morgan fingerprint density at radius 3 is 2.93 bits per heavy atom. The molecule has 0 fully saturated rings. The number of fused-ring (bicyclic) bond motifs is 3. The summed E-state index contributed by atoms with van der Waals surface area (Å²) in [7, 11) is 0. The third-order valence-electron chi connectivity index (χ3n) is 2.51. The Hall–Kier alpha value is -1.91. The van der Waals surface area contributed by atoms with Crippen LogP contribution < -0.4 is 0 Å². The van der Waals surface area contributed by atoms with Gasteiger partial charge in [0, 0.05) is 11.3 Å². The molecule has 0 saturated heterocycles. The number of hydrogen-bond donors (Lipinski definition) is 1. The molecule has 0 aromatic carbocycles. The van der Waals surface area contributed by atoms with E-state index in [-0.39, 0.29) is 0 Å². The van der Waals surface area contributed by atoms with Crippen LogP contribution in [0.1, 0.15) is 25.6 Å². The largest absolute Gasteiger partial charge is 0.263 e. The van der Waals surface area contributed by atoms with Crippen molar-refractivity contribution in [3.8, 4) is 0 Å². The summed E-state index contributed by atoms with van der Waals surface area (Å²) in [6.07, 6.45) is 1.80. The molecule has 5 nitrogen and oxygen atoms in total. The van der Waals surface area contributed by atoms with Crippen molar-refractivity contribution in [3.63, 3.8) is 0 Å².